The van der Waals surface area contributed by atoms with E-state index in [-0.39, 0.29) is 17.6 Å². The smallest absolute Gasteiger partial charge is 0.330 e. The Labute approximate surface area is 103 Å². The van der Waals surface area contributed by atoms with Gasteiger partial charge in [-0.25, -0.2) is 15.2 Å². The first kappa shape index (κ1) is 11.6. The fraction of sp³-hybridized carbons (Fsp3) is 0. The van der Waals surface area contributed by atoms with Gasteiger partial charge in [0.05, 0.1) is 0 Å². The summed E-state index contributed by atoms with van der Waals surface area (Å²) in [6, 6.07) is 8.52. The Hall–Kier alpha value is -2.83. The summed E-state index contributed by atoms with van der Waals surface area (Å²) in [6.07, 6.45) is 1.63. The molecule has 0 unspecified atom stereocenters. The van der Waals surface area contributed by atoms with Gasteiger partial charge in [-0.1, -0.05) is 30.3 Å². The van der Waals surface area contributed by atoms with Gasteiger partial charge in [0.15, 0.2) is 0 Å². The fourth-order valence-electron chi connectivity index (χ4n) is 1.36. The predicted octanol–water partition coefficient (Wildman–Crippen LogP) is -0.314. The number of amides is 3. The number of urea groups is 1. The highest BCUT2D eigenvalue weighted by molar-refractivity contribution is 6.13. The Bertz CT molecular complexity index is 536. The highest BCUT2D eigenvalue weighted by atomic mass is 16.2. The molecule has 3 amide bonds. The standard InChI is InChI=1S/C11H11N5O2/c12-10(18)15-16-11-13-8(9(17)14-11)6-7-4-2-1-3-5-7/h1-6H,(H3,12,15,18)(H2,13,14,16,17)/b8-6-. The van der Waals surface area contributed by atoms with Crippen molar-refractivity contribution in [2.24, 2.45) is 10.7 Å². The summed E-state index contributed by atoms with van der Waals surface area (Å²) >= 11 is 0. The monoisotopic (exact) mass is 245 g/mol. The van der Waals surface area contributed by atoms with E-state index in [0.29, 0.717) is 0 Å². The van der Waals surface area contributed by atoms with Gasteiger partial charge in [-0.05, 0) is 11.6 Å². The molecule has 0 atom stereocenters. The molecule has 0 bridgehead atoms. The van der Waals surface area contributed by atoms with E-state index in [1.54, 1.807) is 6.08 Å². The van der Waals surface area contributed by atoms with E-state index >= 15 is 0 Å². The quantitative estimate of drug-likeness (QED) is 0.402. The minimum atomic E-state index is -0.771. The van der Waals surface area contributed by atoms with E-state index in [1.807, 2.05) is 30.3 Å². The Balaban J connectivity index is 2.12. The van der Waals surface area contributed by atoms with Gasteiger partial charge in [0.2, 0.25) is 5.96 Å². The van der Waals surface area contributed by atoms with E-state index < -0.39 is 6.03 Å². The molecule has 0 fully saturated rings. The second-order valence-electron chi connectivity index (χ2n) is 3.47. The lowest BCUT2D eigenvalue weighted by atomic mass is 10.2. The molecule has 1 aliphatic heterocycles. The van der Waals surface area contributed by atoms with Crippen LogP contribution in [0.3, 0.4) is 0 Å². The van der Waals surface area contributed by atoms with Gasteiger partial charge in [0.1, 0.15) is 5.70 Å². The van der Waals surface area contributed by atoms with E-state index in [1.165, 1.54) is 0 Å². The Kier molecular flexibility index (Phi) is 3.24. The van der Waals surface area contributed by atoms with Gasteiger partial charge in [-0.3, -0.25) is 15.5 Å². The number of nitrogens with one attached hydrogen (secondary N) is 3. The summed E-state index contributed by atoms with van der Waals surface area (Å²) in [6.45, 7) is 0. The van der Waals surface area contributed by atoms with Crippen molar-refractivity contribution in [2.45, 2.75) is 0 Å². The summed E-state index contributed by atoms with van der Waals surface area (Å²) < 4.78 is 0. The van der Waals surface area contributed by atoms with Crippen molar-refractivity contribution in [3.05, 3.63) is 41.6 Å². The second kappa shape index (κ2) is 5.00. The number of nitrogens with zero attached hydrogens (tertiary/aromatic N) is 1. The van der Waals surface area contributed by atoms with E-state index in [9.17, 15) is 9.59 Å². The van der Waals surface area contributed by atoms with Gasteiger partial charge in [0, 0.05) is 0 Å². The van der Waals surface area contributed by atoms with Crippen molar-refractivity contribution in [3.8, 4) is 0 Å². The van der Waals surface area contributed by atoms with Crippen LogP contribution in [0.15, 0.2) is 41.0 Å². The SMILES string of the molecule is NC(=O)NNC1=N/C(=C\c2ccccc2)C(=O)N1. The molecule has 1 aliphatic rings. The van der Waals surface area contributed by atoms with E-state index in [0.717, 1.165) is 5.56 Å². The summed E-state index contributed by atoms with van der Waals surface area (Å²) in [5.74, 6) is -0.228. The minimum absolute atomic E-state index is 0.126. The first-order valence-corrected chi connectivity index (χ1v) is 5.13. The lowest BCUT2D eigenvalue weighted by Crippen LogP contribution is -2.49. The van der Waals surface area contributed by atoms with Gasteiger partial charge >= 0.3 is 6.03 Å². The molecule has 2 rings (SSSR count). The maximum atomic E-state index is 11.6. The number of hydrogen-bond donors (Lipinski definition) is 4. The highest BCUT2D eigenvalue weighted by Crippen LogP contribution is 2.10. The van der Waals surface area contributed by atoms with Crippen molar-refractivity contribution in [1.82, 2.24) is 16.2 Å². The lowest BCUT2D eigenvalue weighted by Gasteiger charge is -2.03. The van der Waals surface area contributed by atoms with Crippen LogP contribution in [-0.4, -0.2) is 17.9 Å². The molecule has 0 aromatic heterocycles. The zero-order valence-electron chi connectivity index (χ0n) is 9.31. The number of guanidine groups is 1. The molecule has 18 heavy (non-hydrogen) atoms. The Morgan fingerprint density at radius 2 is 2.06 bits per heavy atom. The molecule has 0 spiro atoms. The normalized spacial score (nSPS) is 16.1. The third-order valence-electron chi connectivity index (χ3n) is 2.10. The number of hydrogen-bond acceptors (Lipinski definition) is 4. The topological polar surface area (TPSA) is 109 Å². The maximum Gasteiger partial charge on any atom is 0.330 e. The molecule has 0 radical (unpaired) electrons. The van der Waals surface area contributed by atoms with Crippen LogP contribution >= 0.6 is 0 Å². The van der Waals surface area contributed by atoms with Crippen LogP contribution in [-0.2, 0) is 4.79 Å². The Morgan fingerprint density at radius 1 is 1.33 bits per heavy atom. The molecule has 7 heteroatoms. The number of rotatable bonds is 1. The van der Waals surface area contributed by atoms with Crippen molar-refractivity contribution in [2.75, 3.05) is 0 Å². The minimum Gasteiger partial charge on any atom is -0.350 e. The van der Waals surface area contributed by atoms with Crippen LogP contribution in [0, 0.1) is 0 Å². The van der Waals surface area contributed by atoms with Crippen LogP contribution in [0.2, 0.25) is 0 Å². The van der Waals surface area contributed by atoms with Crippen LogP contribution in [0.5, 0.6) is 0 Å². The molecular formula is C11H11N5O2. The van der Waals surface area contributed by atoms with Crippen LogP contribution < -0.4 is 21.9 Å². The first-order valence-electron chi connectivity index (χ1n) is 5.13. The van der Waals surface area contributed by atoms with Crippen molar-refractivity contribution in [3.63, 3.8) is 0 Å². The molecule has 1 aromatic rings. The summed E-state index contributed by atoms with van der Waals surface area (Å²) in [5.41, 5.74) is 10.5. The largest absolute Gasteiger partial charge is 0.350 e. The number of aliphatic imine (C=N–C) groups is 1. The number of primary amides is 1. The summed E-state index contributed by atoms with van der Waals surface area (Å²) in [5, 5.41) is 2.44. The molecule has 92 valence electrons. The lowest BCUT2D eigenvalue weighted by molar-refractivity contribution is -0.115. The third kappa shape index (κ3) is 2.85. The zero-order chi connectivity index (χ0) is 13.0. The predicted molar refractivity (Wildman–Crippen MR) is 65.9 cm³/mol. The zero-order valence-corrected chi connectivity index (χ0v) is 9.31. The van der Waals surface area contributed by atoms with Crippen LogP contribution in [0.25, 0.3) is 6.08 Å². The highest BCUT2D eigenvalue weighted by Gasteiger charge is 2.19. The summed E-state index contributed by atoms with van der Waals surface area (Å²) in [7, 11) is 0. The van der Waals surface area contributed by atoms with Gasteiger partial charge in [-0.15, -0.1) is 0 Å². The number of carbonyl (C=O) groups is 2. The summed E-state index contributed by atoms with van der Waals surface area (Å²) in [4.78, 5) is 26.0. The molecule has 5 N–H and O–H groups in total. The average molecular weight is 245 g/mol. The molecule has 0 saturated heterocycles. The average Bonchev–Trinajstić information content (AvgIpc) is 2.69. The van der Waals surface area contributed by atoms with Gasteiger partial charge < -0.3 is 5.73 Å². The number of carbonyl (C=O) groups excluding carboxylic acids is 2. The van der Waals surface area contributed by atoms with E-state index in [4.69, 9.17) is 5.73 Å². The van der Waals surface area contributed by atoms with E-state index in [2.05, 4.69) is 21.2 Å². The fourth-order valence-corrected chi connectivity index (χ4v) is 1.36. The Morgan fingerprint density at radius 3 is 2.72 bits per heavy atom. The third-order valence-corrected chi connectivity index (χ3v) is 2.10. The van der Waals surface area contributed by atoms with Gasteiger partial charge in [0.25, 0.3) is 5.91 Å². The first-order chi connectivity index (χ1) is 8.65. The molecule has 0 saturated carbocycles. The molecule has 1 aromatic carbocycles. The van der Waals surface area contributed by atoms with Gasteiger partial charge in [-0.2, -0.15) is 0 Å². The number of benzene rings is 1. The number of hydrazine groups is 1. The number of nitrogens with two attached hydrogens (primary N) is 1. The molecule has 7 nitrogen and oxygen atoms in total. The maximum absolute atomic E-state index is 11.6. The van der Waals surface area contributed by atoms with Crippen molar-refractivity contribution in [1.29, 1.82) is 0 Å². The molecule has 1 heterocycles. The molecule has 0 aliphatic carbocycles. The van der Waals surface area contributed by atoms with Crippen molar-refractivity contribution < 1.29 is 9.59 Å². The van der Waals surface area contributed by atoms with Crippen molar-refractivity contribution >= 4 is 24.0 Å². The molecular weight excluding hydrogens is 234 g/mol. The van der Waals surface area contributed by atoms with Crippen LogP contribution in [0.4, 0.5) is 4.79 Å². The van der Waals surface area contributed by atoms with Crippen LogP contribution in [0.1, 0.15) is 5.56 Å². The second-order valence-corrected chi connectivity index (χ2v) is 3.47.